The molecule has 5 nitrogen and oxygen atoms in total. The van der Waals surface area contributed by atoms with E-state index in [1.165, 1.54) is 36.5 Å². The van der Waals surface area contributed by atoms with E-state index in [4.69, 9.17) is 11.6 Å². The molecule has 0 saturated carbocycles. The molecule has 2 unspecified atom stereocenters. The molecule has 1 amide bonds. The lowest BCUT2D eigenvalue weighted by Gasteiger charge is -2.29. The minimum atomic E-state index is -1.19. The Morgan fingerprint density at radius 2 is 2.08 bits per heavy atom. The molecule has 0 aromatic heterocycles. The van der Waals surface area contributed by atoms with Crippen molar-refractivity contribution in [3.05, 3.63) is 70.6 Å². The zero-order valence-electron chi connectivity index (χ0n) is 13.0. The van der Waals surface area contributed by atoms with Gasteiger partial charge in [-0.3, -0.25) is 4.79 Å². The van der Waals surface area contributed by atoms with Crippen LogP contribution in [0.2, 0.25) is 5.02 Å². The van der Waals surface area contributed by atoms with Crippen LogP contribution in [-0.4, -0.2) is 22.3 Å². The van der Waals surface area contributed by atoms with Crippen LogP contribution >= 0.6 is 11.6 Å². The molecule has 130 valence electrons. The predicted molar refractivity (Wildman–Crippen MR) is 92.7 cm³/mol. The quantitative estimate of drug-likeness (QED) is 0.630. The van der Waals surface area contributed by atoms with Crippen molar-refractivity contribution in [1.29, 1.82) is 0 Å². The number of hydrogen-bond acceptors (Lipinski definition) is 4. The first-order valence-corrected chi connectivity index (χ1v) is 8.00. The SMILES string of the molecule is O=C1CC(c2cccc(F)c2)C(C(O)Nc2cc(O)ccc2Cl)=CN1. The molecule has 2 aromatic rings. The lowest BCUT2D eigenvalue weighted by atomic mass is 9.85. The molecule has 0 radical (unpaired) electrons. The van der Waals surface area contributed by atoms with Gasteiger partial charge >= 0.3 is 0 Å². The van der Waals surface area contributed by atoms with Crippen LogP contribution in [0.3, 0.4) is 0 Å². The molecule has 3 rings (SSSR count). The van der Waals surface area contributed by atoms with Gasteiger partial charge in [-0.15, -0.1) is 0 Å². The first-order valence-electron chi connectivity index (χ1n) is 7.62. The summed E-state index contributed by atoms with van der Waals surface area (Å²) < 4.78 is 13.5. The number of phenols is 1. The molecule has 7 heteroatoms. The highest BCUT2D eigenvalue weighted by Crippen LogP contribution is 2.34. The summed E-state index contributed by atoms with van der Waals surface area (Å²) in [6, 6.07) is 10.2. The third-order valence-electron chi connectivity index (χ3n) is 4.00. The van der Waals surface area contributed by atoms with Crippen LogP contribution in [0.4, 0.5) is 10.1 Å². The Labute approximate surface area is 148 Å². The molecule has 2 atom stereocenters. The highest BCUT2D eigenvalue weighted by atomic mass is 35.5. The fraction of sp³-hybridized carbons (Fsp3) is 0.167. The number of phenolic OH excluding ortho intramolecular Hbond substituents is 1. The number of benzene rings is 2. The summed E-state index contributed by atoms with van der Waals surface area (Å²) in [7, 11) is 0. The summed E-state index contributed by atoms with van der Waals surface area (Å²) in [5.74, 6) is -1.13. The van der Waals surface area contributed by atoms with Crippen LogP contribution in [0, 0.1) is 5.82 Å². The minimum absolute atomic E-state index is 0.00768. The van der Waals surface area contributed by atoms with Gasteiger partial charge in [0.2, 0.25) is 5.91 Å². The summed E-state index contributed by atoms with van der Waals surface area (Å²) in [6.45, 7) is 0. The number of amides is 1. The fourth-order valence-electron chi connectivity index (χ4n) is 2.78. The Kier molecular flexibility index (Phi) is 4.92. The van der Waals surface area contributed by atoms with Gasteiger partial charge in [-0.25, -0.2) is 4.39 Å². The number of anilines is 1. The van der Waals surface area contributed by atoms with Crippen molar-refractivity contribution in [1.82, 2.24) is 5.32 Å². The number of carbonyl (C=O) groups excluding carboxylic acids is 1. The summed E-state index contributed by atoms with van der Waals surface area (Å²) in [5, 5.41) is 25.8. The van der Waals surface area contributed by atoms with Crippen molar-refractivity contribution >= 4 is 23.2 Å². The predicted octanol–water partition coefficient (Wildman–Crippen LogP) is 3.10. The number of nitrogens with one attached hydrogen (secondary N) is 2. The minimum Gasteiger partial charge on any atom is -0.508 e. The van der Waals surface area contributed by atoms with Gasteiger partial charge in [-0.1, -0.05) is 23.7 Å². The number of aromatic hydroxyl groups is 1. The molecule has 1 aliphatic heterocycles. The maximum absolute atomic E-state index is 13.5. The fourth-order valence-corrected chi connectivity index (χ4v) is 2.96. The molecule has 1 heterocycles. The first kappa shape index (κ1) is 17.3. The van der Waals surface area contributed by atoms with E-state index in [1.54, 1.807) is 12.1 Å². The molecule has 0 fully saturated rings. The smallest absolute Gasteiger partial charge is 0.224 e. The summed E-state index contributed by atoms with van der Waals surface area (Å²) in [6.07, 6.45) is 0.311. The number of rotatable bonds is 4. The summed E-state index contributed by atoms with van der Waals surface area (Å²) in [5.41, 5.74) is 1.39. The Balaban J connectivity index is 1.89. The third-order valence-corrected chi connectivity index (χ3v) is 4.33. The standard InChI is InChI=1S/C18H16ClFN2O3/c19-15-5-4-12(23)7-16(15)22-18(25)14-9-21-17(24)8-13(14)10-2-1-3-11(20)6-10/h1-7,9,13,18,22-23,25H,8H2,(H,21,24). The number of aliphatic hydroxyl groups is 1. The van der Waals surface area contributed by atoms with Crippen molar-refractivity contribution in [2.75, 3.05) is 5.32 Å². The molecule has 0 aliphatic carbocycles. The zero-order valence-corrected chi connectivity index (χ0v) is 13.8. The maximum Gasteiger partial charge on any atom is 0.224 e. The van der Waals surface area contributed by atoms with Gasteiger partial charge in [0.1, 0.15) is 17.8 Å². The first-order chi connectivity index (χ1) is 11.9. The molecular weight excluding hydrogens is 347 g/mol. The van der Waals surface area contributed by atoms with Crippen LogP contribution in [0.1, 0.15) is 17.9 Å². The molecular formula is C18H16ClFN2O3. The molecule has 0 bridgehead atoms. The zero-order chi connectivity index (χ0) is 18.0. The second-order valence-corrected chi connectivity index (χ2v) is 6.14. The van der Waals surface area contributed by atoms with E-state index < -0.39 is 18.0 Å². The van der Waals surface area contributed by atoms with Gasteiger partial charge in [-0.2, -0.15) is 0 Å². The average Bonchev–Trinajstić information content (AvgIpc) is 2.58. The Hall–Kier alpha value is -2.57. The monoisotopic (exact) mass is 362 g/mol. The van der Waals surface area contributed by atoms with E-state index in [0.29, 0.717) is 21.8 Å². The van der Waals surface area contributed by atoms with Gasteiger partial charge < -0.3 is 20.8 Å². The average molecular weight is 363 g/mol. The van der Waals surface area contributed by atoms with E-state index in [-0.39, 0.29) is 18.1 Å². The largest absolute Gasteiger partial charge is 0.508 e. The molecule has 2 aromatic carbocycles. The summed E-state index contributed by atoms with van der Waals surface area (Å²) in [4.78, 5) is 11.8. The number of carbonyl (C=O) groups is 1. The Morgan fingerprint density at radius 3 is 2.84 bits per heavy atom. The molecule has 0 saturated heterocycles. The van der Waals surface area contributed by atoms with Crippen LogP contribution in [0.25, 0.3) is 0 Å². The van der Waals surface area contributed by atoms with E-state index in [9.17, 15) is 19.4 Å². The molecule has 4 N–H and O–H groups in total. The Morgan fingerprint density at radius 1 is 1.28 bits per heavy atom. The molecule has 1 aliphatic rings. The van der Waals surface area contributed by atoms with Gasteiger partial charge in [0.15, 0.2) is 0 Å². The van der Waals surface area contributed by atoms with Crippen LogP contribution in [0.15, 0.2) is 54.2 Å². The highest BCUT2D eigenvalue weighted by molar-refractivity contribution is 6.33. The number of halogens is 2. The molecule has 25 heavy (non-hydrogen) atoms. The van der Waals surface area contributed by atoms with Crippen molar-refractivity contribution in [3.63, 3.8) is 0 Å². The van der Waals surface area contributed by atoms with Crippen LogP contribution in [-0.2, 0) is 4.79 Å². The number of hydrogen-bond donors (Lipinski definition) is 4. The summed E-state index contributed by atoms with van der Waals surface area (Å²) >= 11 is 6.05. The lowest BCUT2D eigenvalue weighted by molar-refractivity contribution is -0.120. The lowest BCUT2D eigenvalue weighted by Crippen LogP contribution is -2.34. The van der Waals surface area contributed by atoms with Crippen LogP contribution in [0.5, 0.6) is 5.75 Å². The second kappa shape index (κ2) is 7.13. The van der Waals surface area contributed by atoms with Gasteiger partial charge in [-0.05, 0) is 29.8 Å². The van der Waals surface area contributed by atoms with E-state index in [1.807, 2.05) is 0 Å². The van der Waals surface area contributed by atoms with Crippen LogP contribution < -0.4 is 10.6 Å². The topological polar surface area (TPSA) is 81.6 Å². The highest BCUT2D eigenvalue weighted by Gasteiger charge is 2.29. The third kappa shape index (κ3) is 3.92. The van der Waals surface area contributed by atoms with Crippen molar-refractivity contribution in [3.8, 4) is 5.75 Å². The molecule has 0 spiro atoms. The van der Waals surface area contributed by atoms with Gasteiger partial charge in [0, 0.05) is 30.2 Å². The van der Waals surface area contributed by atoms with Crippen molar-refractivity contribution in [2.45, 2.75) is 18.6 Å². The number of aliphatic hydroxyl groups excluding tert-OH is 1. The Bertz CT molecular complexity index is 841. The van der Waals surface area contributed by atoms with E-state index in [2.05, 4.69) is 10.6 Å². The van der Waals surface area contributed by atoms with E-state index >= 15 is 0 Å². The van der Waals surface area contributed by atoms with Gasteiger partial charge in [0.25, 0.3) is 0 Å². The normalized spacial score (nSPS) is 18.3. The van der Waals surface area contributed by atoms with Gasteiger partial charge in [0.05, 0.1) is 10.7 Å². The van der Waals surface area contributed by atoms with Crippen molar-refractivity contribution in [2.24, 2.45) is 0 Å². The second-order valence-electron chi connectivity index (χ2n) is 5.73. The van der Waals surface area contributed by atoms with Crippen molar-refractivity contribution < 1.29 is 19.4 Å². The van der Waals surface area contributed by atoms with E-state index in [0.717, 1.165) is 0 Å². The maximum atomic E-state index is 13.5.